The number of nitrogens with zero attached hydrogens (tertiary/aromatic N) is 1. The number of hydrogen-bond acceptors (Lipinski definition) is 3. The van der Waals surface area contributed by atoms with Crippen LogP contribution in [0.15, 0.2) is 34.2 Å². The summed E-state index contributed by atoms with van der Waals surface area (Å²) in [6.45, 7) is 3.07. The molecule has 98 valence electrons. The fourth-order valence-corrected chi connectivity index (χ4v) is 3.57. The van der Waals surface area contributed by atoms with Gasteiger partial charge in [0, 0.05) is 27.5 Å². The lowest BCUT2D eigenvalue weighted by Crippen LogP contribution is -2.25. The van der Waals surface area contributed by atoms with E-state index >= 15 is 0 Å². The van der Waals surface area contributed by atoms with Crippen molar-refractivity contribution < 1.29 is 0 Å². The van der Waals surface area contributed by atoms with Crippen LogP contribution in [0.4, 0.5) is 0 Å². The van der Waals surface area contributed by atoms with Crippen LogP contribution in [0.1, 0.15) is 13.3 Å². The summed E-state index contributed by atoms with van der Waals surface area (Å²) < 4.78 is 0. The normalized spacial score (nSPS) is 21.2. The van der Waals surface area contributed by atoms with E-state index in [0.29, 0.717) is 6.04 Å². The lowest BCUT2D eigenvalue weighted by Gasteiger charge is -2.04. The number of amidine groups is 1. The van der Waals surface area contributed by atoms with Gasteiger partial charge in [-0.1, -0.05) is 30.3 Å². The Morgan fingerprint density at radius 1 is 1.44 bits per heavy atom. The Hall–Kier alpha value is -0.320. The second-order valence-corrected chi connectivity index (χ2v) is 6.66. The summed E-state index contributed by atoms with van der Waals surface area (Å²) in [4.78, 5) is 5.82. The molecule has 0 saturated carbocycles. The summed E-state index contributed by atoms with van der Waals surface area (Å²) in [6.07, 6.45) is 1.17. The Morgan fingerprint density at radius 2 is 2.22 bits per heavy atom. The summed E-state index contributed by atoms with van der Waals surface area (Å²) in [5.41, 5.74) is 0. The molecule has 1 aromatic rings. The van der Waals surface area contributed by atoms with Crippen LogP contribution in [0.25, 0.3) is 0 Å². The Balaban J connectivity index is 1.70. The van der Waals surface area contributed by atoms with Gasteiger partial charge in [0.25, 0.3) is 0 Å². The SMILES string of the molecule is CCC1CSC(=NCCSc2ccc(Cl)cc2)N1. The van der Waals surface area contributed by atoms with E-state index in [2.05, 4.69) is 29.4 Å². The van der Waals surface area contributed by atoms with Crippen molar-refractivity contribution in [2.75, 3.05) is 18.1 Å². The Kier molecular flexibility index (Phi) is 5.73. The third-order valence-corrected chi connectivity index (χ3v) is 5.00. The third-order valence-electron chi connectivity index (χ3n) is 2.67. The Labute approximate surface area is 122 Å². The topological polar surface area (TPSA) is 24.4 Å². The molecular formula is C13H17ClN2S2. The zero-order valence-electron chi connectivity index (χ0n) is 10.4. The van der Waals surface area contributed by atoms with Gasteiger partial charge in [-0.15, -0.1) is 11.8 Å². The van der Waals surface area contributed by atoms with Crippen molar-refractivity contribution in [3.05, 3.63) is 29.3 Å². The summed E-state index contributed by atoms with van der Waals surface area (Å²) in [7, 11) is 0. The van der Waals surface area contributed by atoms with Crippen molar-refractivity contribution in [3.8, 4) is 0 Å². The van der Waals surface area contributed by atoms with Crippen molar-refractivity contribution in [1.82, 2.24) is 5.32 Å². The monoisotopic (exact) mass is 300 g/mol. The molecule has 1 fully saturated rings. The Bertz CT molecular complexity index is 406. The molecule has 1 atom stereocenters. The van der Waals surface area contributed by atoms with E-state index in [-0.39, 0.29) is 0 Å². The van der Waals surface area contributed by atoms with Crippen molar-refractivity contribution in [2.24, 2.45) is 4.99 Å². The average molecular weight is 301 g/mol. The smallest absolute Gasteiger partial charge is 0.156 e. The molecule has 0 amide bonds. The van der Waals surface area contributed by atoms with Gasteiger partial charge in [0.05, 0.1) is 6.54 Å². The van der Waals surface area contributed by atoms with Crippen LogP contribution in [0.5, 0.6) is 0 Å². The number of aliphatic imine (C=N–C) groups is 1. The van der Waals surface area contributed by atoms with Crippen LogP contribution >= 0.6 is 35.1 Å². The van der Waals surface area contributed by atoms with E-state index in [4.69, 9.17) is 11.6 Å². The third kappa shape index (κ3) is 4.41. The molecule has 0 aromatic heterocycles. The molecule has 0 bridgehead atoms. The average Bonchev–Trinajstić information content (AvgIpc) is 2.85. The summed E-state index contributed by atoms with van der Waals surface area (Å²) in [6, 6.07) is 8.56. The quantitative estimate of drug-likeness (QED) is 0.659. The van der Waals surface area contributed by atoms with Crippen LogP contribution < -0.4 is 5.32 Å². The van der Waals surface area contributed by atoms with E-state index in [0.717, 1.165) is 28.2 Å². The lowest BCUT2D eigenvalue weighted by atomic mass is 10.3. The minimum absolute atomic E-state index is 0.609. The van der Waals surface area contributed by atoms with Crippen LogP contribution in [0.3, 0.4) is 0 Å². The highest BCUT2D eigenvalue weighted by molar-refractivity contribution is 8.14. The fraction of sp³-hybridized carbons (Fsp3) is 0.462. The first kappa shape index (κ1) is 14.1. The molecule has 18 heavy (non-hydrogen) atoms. The molecular weight excluding hydrogens is 284 g/mol. The number of benzene rings is 1. The first-order valence-electron chi connectivity index (χ1n) is 6.10. The number of nitrogens with one attached hydrogen (secondary N) is 1. The number of rotatable bonds is 5. The van der Waals surface area contributed by atoms with Crippen molar-refractivity contribution in [1.29, 1.82) is 0 Å². The molecule has 1 aliphatic heterocycles. The molecule has 1 saturated heterocycles. The van der Waals surface area contributed by atoms with E-state index in [9.17, 15) is 0 Å². The van der Waals surface area contributed by atoms with Crippen molar-refractivity contribution in [2.45, 2.75) is 24.3 Å². The zero-order valence-corrected chi connectivity index (χ0v) is 12.7. The van der Waals surface area contributed by atoms with E-state index in [1.807, 2.05) is 35.7 Å². The molecule has 1 aromatic carbocycles. The van der Waals surface area contributed by atoms with Gasteiger partial charge in [0.1, 0.15) is 0 Å². The largest absolute Gasteiger partial charge is 0.361 e. The molecule has 2 rings (SSSR count). The van der Waals surface area contributed by atoms with Gasteiger partial charge < -0.3 is 5.32 Å². The molecule has 2 nitrogen and oxygen atoms in total. The van der Waals surface area contributed by atoms with Crippen LogP contribution in [0, 0.1) is 0 Å². The number of halogens is 1. The van der Waals surface area contributed by atoms with Gasteiger partial charge in [0.15, 0.2) is 5.17 Å². The lowest BCUT2D eigenvalue weighted by molar-refractivity contribution is 0.667. The van der Waals surface area contributed by atoms with Gasteiger partial charge in [-0.3, -0.25) is 4.99 Å². The number of thioether (sulfide) groups is 2. The summed E-state index contributed by atoms with van der Waals surface area (Å²) >= 11 is 9.50. The standard InChI is InChI=1S/C13H17ClN2S2/c1-2-11-9-18-13(16-11)15-7-8-17-12-5-3-10(14)4-6-12/h3-6,11H,2,7-9H2,1H3,(H,15,16). The van der Waals surface area contributed by atoms with Crippen LogP contribution in [0.2, 0.25) is 5.02 Å². The molecule has 1 aliphatic rings. The van der Waals surface area contributed by atoms with E-state index in [1.54, 1.807) is 0 Å². The molecule has 0 spiro atoms. The van der Waals surface area contributed by atoms with Crippen LogP contribution in [-0.4, -0.2) is 29.3 Å². The van der Waals surface area contributed by atoms with Crippen LogP contribution in [-0.2, 0) is 0 Å². The van der Waals surface area contributed by atoms with Gasteiger partial charge in [-0.25, -0.2) is 0 Å². The van der Waals surface area contributed by atoms with Gasteiger partial charge in [-0.2, -0.15) is 0 Å². The predicted molar refractivity (Wildman–Crippen MR) is 84.2 cm³/mol. The first-order chi connectivity index (χ1) is 8.78. The van der Waals surface area contributed by atoms with E-state index < -0.39 is 0 Å². The predicted octanol–water partition coefficient (Wildman–Crippen LogP) is 3.90. The van der Waals surface area contributed by atoms with Gasteiger partial charge in [-0.05, 0) is 30.7 Å². The van der Waals surface area contributed by atoms with Gasteiger partial charge >= 0.3 is 0 Å². The summed E-state index contributed by atoms with van der Waals surface area (Å²) in [5.74, 6) is 2.16. The van der Waals surface area contributed by atoms with Gasteiger partial charge in [0.2, 0.25) is 0 Å². The van der Waals surface area contributed by atoms with Crippen molar-refractivity contribution >= 4 is 40.3 Å². The molecule has 0 aliphatic carbocycles. The highest BCUT2D eigenvalue weighted by Crippen LogP contribution is 2.20. The zero-order chi connectivity index (χ0) is 12.8. The Morgan fingerprint density at radius 3 is 2.89 bits per heavy atom. The maximum absolute atomic E-state index is 5.84. The molecule has 1 N–H and O–H groups in total. The molecule has 0 radical (unpaired) electrons. The fourth-order valence-electron chi connectivity index (χ4n) is 1.59. The molecule has 1 unspecified atom stereocenters. The minimum Gasteiger partial charge on any atom is -0.361 e. The summed E-state index contributed by atoms with van der Waals surface area (Å²) in [5, 5.41) is 5.33. The maximum atomic E-state index is 5.84. The first-order valence-corrected chi connectivity index (χ1v) is 8.45. The second-order valence-electron chi connectivity index (χ2n) is 4.05. The number of hydrogen-bond donors (Lipinski definition) is 1. The van der Waals surface area contributed by atoms with Crippen molar-refractivity contribution in [3.63, 3.8) is 0 Å². The van der Waals surface area contributed by atoms with E-state index in [1.165, 1.54) is 11.3 Å². The second kappa shape index (κ2) is 7.31. The molecule has 1 heterocycles. The highest BCUT2D eigenvalue weighted by atomic mass is 35.5. The molecule has 5 heteroatoms. The highest BCUT2D eigenvalue weighted by Gasteiger charge is 2.17. The maximum Gasteiger partial charge on any atom is 0.156 e. The minimum atomic E-state index is 0.609.